The third kappa shape index (κ3) is 4.08. The number of benzene rings is 1. The Morgan fingerprint density at radius 3 is 2.57 bits per heavy atom. The Bertz CT molecular complexity index is 544. The summed E-state index contributed by atoms with van der Waals surface area (Å²) in [4.78, 5) is 0. The van der Waals surface area contributed by atoms with Crippen molar-refractivity contribution < 1.29 is 29.9 Å². The van der Waals surface area contributed by atoms with Gasteiger partial charge in [0.1, 0.15) is 30.2 Å². The summed E-state index contributed by atoms with van der Waals surface area (Å²) < 4.78 is 10.5. The quantitative estimate of drug-likeness (QED) is 0.373. The van der Waals surface area contributed by atoms with E-state index in [9.17, 15) is 15.3 Å². The van der Waals surface area contributed by atoms with E-state index in [1.165, 1.54) is 7.11 Å². The highest BCUT2D eigenvalue weighted by Gasteiger charge is 2.43. The number of hydrogen-bond acceptors (Lipinski definition) is 7. The maximum Gasteiger partial charge on any atom is 0.172 e. The molecule has 8 nitrogen and oxygen atoms in total. The molecule has 9 heteroatoms. The summed E-state index contributed by atoms with van der Waals surface area (Å²) in [7, 11) is 1.52. The van der Waals surface area contributed by atoms with E-state index in [1.807, 2.05) is 0 Å². The van der Waals surface area contributed by atoms with Crippen molar-refractivity contribution in [1.82, 2.24) is 5.32 Å². The normalized spacial score (nSPS) is 30.6. The average Bonchev–Trinajstić information content (AvgIpc) is 2.55. The van der Waals surface area contributed by atoms with Gasteiger partial charge in [-0.1, -0.05) is 12.1 Å². The molecule has 0 spiro atoms. The molecule has 0 amide bonds. The summed E-state index contributed by atoms with van der Waals surface area (Å²) in [5.41, 5.74) is 0.608. The zero-order valence-corrected chi connectivity index (χ0v) is 13.2. The van der Waals surface area contributed by atoms with E-state index >= 15 is 0 Å². The molecule has 0 aliphatic carbocycles. The molecule has 1 heterocycles. The van der Waals surface area contributed by atoms with Gasteiger partial charge in [-0.3, -0.25) is 0 Å². The maximum absolute atomic E-state index is 9.95. The number of thiocarbonyl (C=S) groups is 1. The monoisotopic (exact) mass is 344 g/mol. The van der Waals surface area contributed by atoms with E-state index in [4.69, 9.17) is 26.8 Å². The molecular weight excluding hydrogens is 324 g/mol. The first kappa shape index (κ1) is 17.9. The molecule has 2 rings (SSSR count). The van der Waals surface area contributed by atoms with Crippen molar-refractivity contribution in [3.63, 3.8) is 0 Å². The standard InChI is InChI=1S/C14H20N2O6S/c1-21-8-5-3-2-4-7(8)15-14(23)16-13-12(20)11(19)10(18)9(6-17)22-13/h2-5,9-13,17-20H,6H2,1H3,(H2,15,16,23). The van der Waals surface area contributed by atoms with Crippen LogP contribution in [0.1, 0.15) is 0 Å². The van der Waals surface area contributed by atoms with Crippen molar-refractivity contribution in [2.24, 2.45) is 0 Å². The fraction of sp³-hybridized carbons (Fsp3) is 0.500. The number of nitrogens with one attached hydrogen (secondary N) is 2. The number of anilines is 1. The van der Waals surface area contributed by atoms with Gasteiger partial charge in [0.15, 0.2) is 11.3 Å². The molecular formula is C14H20N2O6S. The Morgan fingerprint density at radius 1 is 1.22 bits per heavy atom. The molecule has 23 heavy (non-hydrogen) atoms. The minimum Gasteiger partial charge on any atom is -0.495 e. The molecule has 1 saturated heterocycles. The second kappa shape index (κ2) is 7.86. The fourth-order valence-corrected chi connectivity index (χ4v) is 2.48. The largest absolute Gasteiger partial charge is 0.495 e. The predicted octanol–water partition coefficient (Wildman–Crippen LogP) is -1.22. The highest BCUT2D eigenvalue weighted by atomic mass is 32.1. The Hall–Kier alpha value is -1.49. The molecule has 1 fully saturated rings. The SMILES string of the molecule is COc1ccccc1NC(=S)NC1OC(CO)C(O)C(O)C1O. The summed E-state index contributed by atoms with van der Waals surface area (Å²) in [6.07, 6.45) is -6.37. The topological polar surface area (TPSA) is 123 Å². The third-order valence-electron chi connectivity index (χ3n) is 3.52. The van der Waals surface area contributed by atoms with Crippen LogP contribution in [0.4, 0.5) is 5.69 Å². The van der Waals surface area contributed by atoms with Crippen LogP contribution in [0.15, 0.2) is 24.3 Å². The molecule has 128 valence electrons. The second-order valence-electron chi connectivity index (χ2n) is 5.05. The second-order valence-corrected chi connectivity index (χ2v) is 5.46. The third-order valence-corrected chi connectivity index (χ3v) is 3.74. The Morgan fingerprint density at radius 2 is 1.91 bits per heavy atom. The molecule has 1 aliphatic heterocycles. The van der Waals surface area contributed by atoms with Crippen LogP contribution in [0.2, 0.25) is 0 Å². The molecule has 0 aromatic heterocycles. The fourth-order valence-electron chi connectivity index (χ4n) is 2.26. The number of hydrogen-bond donors (Lipinski definition) is 6. The number of ether oxygens (including phenoxy) is 2. The van der Waals surface area contributed by atoms with Crippen molar-refractivity contribution in [1.29, 1.82) is 0 Å². The summed E-state index contributed by atoms with van der Waals surface area (Å²) >= 11 is 5.14. The van der Waals surface area contributed by atoms with Gasteiger partial charge >= 0.3 is 0 Å². The van der Waals surface area contributed by atoms with Crippen molar-refractivity contribution in [2.45, 2.75) is 30.6 Å². The lowest BCUT2D eigenvalue weighted by Gasteiger charge is -2.40. The van der Waals surface area contributed by atoms with Crippen LogP contribution in [0, 0.1) is 0 Å². The summed E-state index contributed by atoms with van der Waals surface area (Å²) in [5.74, 6) is 0.574. The van der Waals surface area contributed by atoms with Gasteiger partial charge in [0.2, 0.25) is 0 Å². The first-order valence-electron chi connectivity index (χ1n) is 6.99. The van der Waals surface area contributed by atoms with Crippen molar-refractivity contribution in [2.75, 3.05) is 19.0 Å². The molecule has 6 N–H and O–H groups in total. The van der Waals surface area contributed by atoms with Crippen molar-refractivity contribution in [3.8, 4) is 5.75 Å². The van der Waals surface area contributed by atoms with Crippen LogP contribution in [0.25, 0.3) is 0 Å². The minimum atomic E-state index is -1.47. The Kier molecular flexibility index (Phi) is 6.10. The van der Waals surface area contributed by atoms with Crippen LogP contribution in [0.5, 0.6) is 5.75 Å². The molecule has 0 saturated carbocycles. The molecule has 0 radical (unpaired) electrons. The van der Waals surface area contributed by atoms with Crippen LogP contribution < -0.4 is 15.4 Å². The van der Waals surface area contributed by atoms with Gasteiger partial charge in [-0.2, -0.15) is 0 Å². The zero-order chi connectivity index (χ0) is 17.0. The Balaban J connectivity index is 2.01. The number of aliphatic hydroxyl groups excluding tert-OH is 4. The summed E-state index contributed by atoms with van der Waals surface area (Å²) in [6.45, 7) is -0.504. The molecule has 1 aromatic carbocycles. The van der Waals surface area contributed by atoms with Gasteiger partial charge in [0.25, 0.3) is 0 Å². The van der Waals surface area contributed by atoms with Crippen molar-refractivity contribution in [3.05, 3.63) is 24.3 Å². The molecule has 5 unspecified atom stereocenters. The van der Waals surface area contributed by atoms with Crippen LogP contribution >= 0.6 is 12.2 Å². The van der Waals surface area contributed by atoms with E-state index in [1.54, 1.807) is 24.3 Å². The first-order valence-corrected chi connectivity index (χ1v) is 7.39. The van der Waals surface area contributed by atoms with Gasteiger partial charge in [-0.05, 0) is 24.4 Å². The molecule has 0 bridgehead atoms. The first-order chi connectivity index (χ1) is 11.0. The molecule has 5 atom stereocenters. The van der Waals surface area contributed by atoms with Gasteiger partial charge < -0.3 is 40.5 Å². The number of aliphatic hydroxyl groups is 4. The minimum absolute atomic E-state index is 0.124. The lowest BCUT2D eigenvalue weighted by atomic mass is 9.98. The van der Waals surface area contributed by atoms with E-state index in [0.717, 1.165) is 0 Å². The maximum atomic E-state index is 9.95. The van der Waals surface area contributed by atoms with Crippen molar-refractivity contribution >= 4 is 23.0 Å². The van der Waals surface area contributed by atoms with Crippen LogP contribution in [0.3, 0.4) is 0 Å². The van der Waals surface area contributed by atoms with Gasteiger partial charge in [0.05, 0.1) is 19.4 Å². The summed E-state index contributed by atoms with van der Waals surface area (Å²) in [6, 6.07) is 7.10. The summed E-state index contributed by atoms with van der Waals surface area (Å²) in [5, 5.41) is 44.3. The van der Waals surface area contributed by atoms with Crippen LogP contribution in [-0.2, 0) is 4.74 Å². The molecule has 1 aromatic rings. The average molecular weight is 344 g/mol. The lowest BCUT2D eigenvalue weighted by molar-refractivity contribution is -0.232. The predicted molar refractivity (Wildman–Crippen MR) is 86.1 cm³/mol. The number of methoxy groups -OCH3 is 1. The van der Waals surface area contributed by atoms with E-state index in [0.29, 0.717) is 11.4 Å². The number of rotatable bonds is 4. The van der Waals surface area contributed by atoms with Gasteiger partial charge in [0, 0.05) is 0 Å². The van der Waals surface area contributed by atoms with Gasteiger partial charge in [-0.25, -0.2) is 0 Å². The van der Waals surface area contributed by atoms with E-state index in [2.05, 4.69) is 10.6 Å². The zero-order valence-electron chi connectivity index (χ0n) is 12.4. The highest BCUT2D eigenvalue weighted by molar-refractivity contribution is 7.80. The highest BCUT2D eigenvalue weighted by Crippen LogP contribution is 2.23. The lowest BCUT2D eigenvalue weighted by Crippen LogP contribution is -2.63. The molecule has 1 aliphatic rings. The van der Waals surface area contributed by atoms with E-state index in [-0.39, 0.29) is 5.11 Å². The van der Waals surface area contributed by atoms with Gasteiger partial charge in [-0.15, -0.1) is 0 Å². The number of para-hydroxylation sites is 2. The van der Waals surface area contributed by atoms with E-state index < -0.39 is 37.3 Å². The van der Waals surface area contributed by atoms with Crippen LogP contribution in [-0.4, -0.2) is 69.9 Å². The Labute approximate surface area is 138 Å². The smallest absolute Gasteiger partial charge is 0.172 e.